The molecule has 0 spiro atoms. The van der Waals surface area contributed by atoms with E-state index in [9.17, 15) is 4.39 Å². The zero-order valence-corrected chi connectivity index (χ0v) is 17.5. The van der Waals surface area contributed by atoms with E-state index < -0.39 is 0 Å². The van der Waals surface area contributed by atoms with E-state index in [1.807, 2.05) is 59.3 Å². The van der Waals surface area contributed by atoms with Crippen molar-refractivity contribution in [2.75, 3.05) is 0 Å². The molecule has 2 atom stereocenters. The van der Waals surface area contributed by atoms with Crippen molar-refractivity contribution in [3.8, 4) is 5.69 Å². The molecule has 1 saturated heterocycles. The first-order valence-electron chi connectivity index (χ1n) is 10.2. The van der Waals surface area contributed by atoms with Gasteiger partial charge in [0, 0.05) is 30.3 Å². The summed E-state index contributed by atoms with van der Waals surface area (Å²) in [4.78, 5) is 6.78. The molecule has 0 saturated carbocycles. The molecule has 1 aliphatic heterocycles. The first-order valence-corrected chi connectivity index (χ1v) is 10.6. The fraction of sp³-hybridized carbons (Fsp3) is 0.120. The molecule has 2 aromatic carbocycles. The number of hydrogen-bond acceptors (Lipinski definition) is 2. The molecule has 31 heavy (non-hydrogen) atoms. The van der Waals surface area contributed by atoms with Crippen LogP contribution in [0.25, 0.3) is 5.69 Å². The molecule has 0 bridgehead atoms. The van der Waals surface area contributed by atoms with Crippen molar-refractivity contribution < 1.29 is 4.39 Å². The van der Waals surface area contributed by atoms with Gasteiger partial charge in [-0.05, 0) is 60.2 Å². The number of aromatic nitrogens is 2. The summed E-state index contributed by atoms with van der Waals surface area (Å²) in [6, 6.07) is 26.6. The highest BCUT2D eigenvalue weighted by Crippen LogP contribution is 2.40. The van der Waals surface area contributed by atoms with Gasteiger partial charge in [0.2, 0.25) is 0 Å². The third kappa shape index (κ3) is 3.82. The Bertz CT molecular complexity index is 1190. The number of hydrogen-bond donors (Lipinski definition) is 1. The second kappa shape index (κ2) is 8.32. The van der Waals surface area contributed by atoms with Gasteiger partial charge < -0.3 is 14.8 Å². The Balaban J connectivity index is 1.61. The number of thiocarbonyl (C=S) groups is 1. The Kier molecular flexibility index (Phi) is 5.22. The summed E-state index contributed by atoms with van der Waals surface area (Å²) in [7, 11) is 0. The van der Waals surface area contributed by atoms with Gasteiger partial charge in [-0.1, -0.05) is 42.5 Å². The summed E-state index contributed by atoms with van der Waals surface area (Å²) in [5.41, 5.74) is 3.88. The number of benzene rings is 2. The summed E-state index contributed by atoms with van der Waals surface area (Å²) in [5.74, 6) is -0.264. The molecule has 3 heterocycles. The average molecular weight is 429 g/mol. The van der Waals surface area contributed by atoms with Gasteiger partial charge in [0.05, 0.1) is 17.8 Å². The lowest BCUT2D eigenvalue weighted by Crippen LogP contribution is -2.30. The lowest BCUT2D eigenvalue weighted by atomic mass is 10.0. The van der Waals surface area contributed by atoms with Crippen LogP contribution in [0.15, 0.2) is 97.3 Å². The summed E-state index contributed by atoms with van der Waals surface area (Å²) < 4.78 is 16.0. The van der Waals surface area contributed by atoms with E-state index >= 15 is 0 Å². The number of pyridine rings is 1. The van der Waals surface area contributed by atoms with Gasteiger partial charge >= 0.3 is 0 Å². The summed E-state index contributed by atoms with van der Waals surface area (Å²) in [6.45, 7) is 0.662. The number of rotatable bonds is 5. The second-order valence-electron chi connectivity index (χ2n) is 7.52. The molecular formula is C25H21FN4S. The molecule has 0 radical (unpaired) electrons. The van der Waals surface area contributed by atoms with E-state index in [2.05, 4.69) is 33.4 Å². The molecule has 5 rings (SSSR count). The number of halogens is 1. The van der Waals surface area contributed by atoms with Crippen molar-refractivity contribution in [2.24, 2.45) is 0 Å². The maximum atomic E-state index is 14.0. The van der Waals surface area contributed by atoms with E-state index in [1.165, 1.54) is 11.6 Å². The van der Waals surface area contributed by atoms with Crippen LogP contribution in [0.5, 0.6) is 0 Å². The van der Waals surface area contributed by atoms with Crippen LogP contribution in [0, 0.1) is 5.82 Å². The van der Waals surface area contributed by atoms with Crippen molar-refractivity contribution in [1.82, 2.24) is 19.8 Å². The van der Waals surface area contributed by atoms with Crippen molar-refractivity contribution in [2.45, 2.75) is 18.6 Å². The molecule has 4 nitrogen and oxygen atoms in total. The molecular weight excluding hydrogens is 407 g/mol. The Labute approximate surface area is 186 Å². The first-order chi connectivity index (χ1) is 15.2. The number of nitrogens with zero attached hydrogens (tertiary/aromatic N) is 3. The van der Waals surface area contributed by atoms with E-state index in [4.69, 9.17) is 12.2 Å². The highest BCUT2D eigenvalue weighted by Gasteiger charge is 2.41. The van der Waals surface area contributed by atoms with Gasteiger partial charge in [-0.15, -0.1) is 0 Å². The quantitative estimate of drug-likeness (QED) is 0.444. The van der Waals surface area contributed by atoms with Crippen LogP contribution < -0.4 is 5.32 Å². The maximum absolute atomic E-state index is 14.0. The van der Waals surface area contributed by atoms with Gasteiger partial charge in [-0.3, -0.25) is 4.98 Å². The molecule has 154 valence electrons. The van der Waals surface area contributed by atoms with E-state index in [1.54, 1.807) is 18.3 Å². The maximum Gasteiger partial charge on any atom is 0.170 e. The molecule has 1 N–H and O–H groups in total. The van der Waals surface area contributed by atoms with Crippen LogP contribution in [0.4, 0.5) is 4.39 Å². The van der Waals surface area contributed by atoms with Crippen LogP contribution in [-0.2, 0) is 6.54 Å². The smallest absolute Gasteiger partial charge is 0.170 e. The molecule has 0 amide bonds. The molecule has 1 aliphatic rings. The Morgan fingerprint density at radius 1 is 0.935 bits per heavy atom. The summed E-state index contributed by atoms with van der Waals surface area (Å²) in [5, 5.41) is 4.15. The predicted molar refractivity (Wildman–Crippen MR) is 123 cm³/mol. The van der Waals surface area contributed by atoms with Gasteiger partial charge in [0.15, 0.2) is 5.11 Å². The summed E-state index contributed by atoms with van der Waals surface area (Å²) >= 11 is 5.77. The van der Waals surface area contributed by atoms with E-state index in [-0.39, 0.29) is 17.9 Å². The van der Waals surface area contributed by atoms with Crippen LogP contribution in [0.1, 0.15) is 29.0 Å². The molecule has 6 heteroatoms. The van der Waals surface area contributed by atoms with Crippen molar-refractivity contribution in [1.29, 1.82) is 0 Å². The molecule has 1 fully saturated rings. The SMILES string of the molecule is Fc1cccc(-n2cccc2[C@H]2[C@H](c3ccccn3)NC(=S)N2Cc2ccccc2)c1. The first kappa shape index (κ1) is 19.5. The van der Waals surface area contributed by atoms with E-state index in [0.29, 0.717) is 11.7 Å². The zero-order valence-electron chi connectivity index (χ0n) is 16.7. The number of nitrogens with one attached hydrogen (secondary N) is 1. The molecule has 2 aromatic heterocycles. The average Bonchev–Trinajstić information content (AvgIpc) is 3.40. The molecule has 0 aliphatic carbocycles. The minimum absolute atomic E-state index is 0.110. The van der Waals surface area contributed by atoms with Gasteiger partial charge in [-0.25, -0.2) is 4.39 Å². The van der Waals surface area contributed by atoms with Crippen LogP contribution >= 0.6 is 12.2 Å². The minimum atomic E-state index is -0.264. The zero-order chi connectivity index (χ0) is 21.2. The predicted octanol–water partition coefficient (Wildman–Crippen LogP) is 5.18. The standard InChI is InChI=1S/C25H21FN4S/c26-19-10-6-11-20(16-19)29-15-7-13-22(29)24-23(21-12-4-5-14-27-21)28-25(31)30(24)17-18-8-2-1-3-9-18/h1-16,23-24H,17H2,(H,28,31)/t23-,24-/m0/s1. The Morgan fingerprint density at radius 3 is 2.55 bits per heavy atom. The van der Waals surface area contributed by atoms with Gasteiger partial charge in [0.25, 0.3) is 0 Å². The normalized spacial score (nSPS) is 18.2. The van der Waals surface area contributed by atoms with Crippen LogP contribution in [0.3, 0.4) is 0 Å². The fourth-order valence-electron chi connectivity index (χ4n) is 4.17. The lowest BCUT2D eigenvalue weighted by molar-refractivity contribution is 0.302. The van der Waals surface area contributed by atoms with Crippen molar-refractivity contribution >= 4 is 17.3 Å². The fourth-order valence-corrected chi connectivity index (χ4v) is 4.48. The lowest BCUT2D eigenvalue weighted by Gasteiger charge is -2.29. The highest BCUT2D eigenvalue weighted by atomic mass is 32.1. The largest absolute Gasteiger partial charge is 0.352 e. The van der Waals surface area contributed by atoms with E-state index in [0.717, 1.165) is 17.1 Å². The van der Waals surface area contributed by atoms with Crippen molar-refractivity contribution in [3.63, 3.8) is 0 Å². The second-order valence-corrected chi connectivity index (χ2v) is 7.91. The molecule has 4 aromatic rings. The van der Waals surface area contributed by atoms with Gasteiger partial charge in [-0.2, -0.15) is 0 Å². The minimum Gasteiger partial charge on any atom is -0.352 e. The Morgan fingerprint density at radius 2 is 1.77 bits per heavy atom. The van der Waals surface area contributed by atoms with Gasteiger partial charge in [0.1, 0.15) is 5.82 Å². The van der Waals surface area contributed by atoms with Crippen molar-refractivity contribution in [3.05, 3.63) is 120 Å². The monoisotopic (exact) mass is 428 g/mol. The summed E-state index contributed by atoms with van der Waals surface area (Å²) in [6.07, 6.45) is 3.75. The van der Waals surface area contributed by atoms with Crippen LogP contribution in [0.2, 0.25) is 0 Å². The Hall–Kier alpha value is -3.51. The third-order valence-corrected chi connectivity index (χ3v) is 5.92. The van der Waals surface area contributed by atoms with Crippen LogP contribution in [-0.4, -0.2) is 19.6 Å². The molecule has 0 unspecified atom stereocenters. The third-order valence-electron chi connectivity index (χ3n) is 5.56. The topological polar surface area (TPSA) is 33.1 Å². The highest BCUT2D eigenvalue weighted by molar-refractivity contribution is 7.80.